The van der Waals surface area contributed by atoms with Gasteiger partial charge in [-0.05, 0) is 41.4 Å². The molecule has 0 aromatic carbocycles. The number of hydrogen-bond acceptors (Lipinski definition) is 3. The van der Waals surface area contributed by atoms with Crippen LogP contribution in [0.1, 0.15) is 31.4 Å². The van der Waals surface area contributed by atoms with Gasteiger partial charge in [0.05, 0.1) is 6.26 Å². The van der Waals surface area contributed by atoms with Crippen molar-refractivity contribution < 1.29 is 9.15 Å². The Balaban J connectivity index is 2.53. The topological polar surface area (TPSA) is 34.4 Å². The highest BCUT2D eigenvalue weighted by atomic mass is 79.9. The predicted molar refractivity (Wildman–Crippen MR) is 63.9 cm³/mol. The van der Waals surface area contributed by atoms with E-state index >= 15 is 0 Å². The van der Waals surface area contributed by atoms with Crippen molar-refractivity contribution in [2.45, 2.75) is 25.8 Å². The number of hydrogen-bond donors (Lipinski definition) is 1. The lowest BCUT2D eigenvalue weighted by Crippen LogP contribution is -2.21. The van der Waals surface area contributed by atoms with Gasteiger partial charge >= 0.3 is 0 Å². The second-order valence-corrected chi connectivity index (χ2v) is 4.12. The molecule has 1 atom stereocenters. The SMILES string of the molecule is CCNC(CCCOC)c1ccoc1Br. The van der Waals surface area contributed by atoms with Crippen LogP contribution in [-0.2, 0) is 4.74 Å². The van der Waals surface area contributed by atoms with Gasteiger partial charge in [0, 0.05) is 25.3 Å². The summed E-state index contributed by atoms with van der Waals surface area (Å²) in [6.45, 7) is 3.87. The van der Waals surface area contributed by atoms with Crippen LogP contribution in [0.15, 0.2) is 21.4 Å². The average molecular weight is 276 g/mol. The molecule has 0 aliphatic heterocycles. The van der Waals surface area contributed by atoms with Crippen LogP contribution in [0.3, 0.4) is 0 Å². The summed E-state index contributed by atoms with van der Waals surface area (Å²) in [7, 11) is 1.73. The third-order valence-corrected chi connectivity index (χ3v) is 2.96. The van der Waals surface area contributed by atoms with Crippen molar-refractivity contribution in [2.75, 3.05) is 20.3 Å². The molecular weight excluding hydrogens is 258 g/mol. The first-order valence-electron chi connectivity index (χ1n) is 5.24. The van der Waals surface area contributed by atoms with Crippen molar-refractivity contribution in [3.63, 3.8) is 0 Å². The van der Waals surface area contributed by atoms with E-state index in [0.717, 1.165) is 30.7 Å². The Hall–Kier alpha value is -0.320. The summed E-state index contributed by atoms with van der Waals surface area (Å²) in [6.07, 6.45) is 3.81. The van der Waals surface area contributed by atoms with Crippen LogP contribution in [0, 0.1) is 0 Å². The van der Waals surface area contributed by atoms with Gasteiger partial charge in [-0.25, -0.2) is 0 Å². The van der Waals surface area contributed by atoms with Crippen LogP contribution in [0.25, 0.3) is 0 Å². The zero-order valence-electron chi connectivity index (χ0n) is 9.25. The standard InChI is InChI=1S/C11H18BrNO2/c1-3-13-10(5-4-7-14-2)9-6-8-15-11(9)12/h6,8,10,13H,3-5,7H2,1-2H3. The maximum atomic E-state index is 5.24. The number of methoxy groups -OCH3 is 1. The molecule has 0 radical (unpaired) electrons. The predicted octanol–water partition coefficient (Wildman–Crippen LogP) is 3.12. The highest BCUT2D eigenvalue weighted by Crippen LogP contribution is 2.27. The van der Waals surface area contributed by atoms with Gasteiger partial charge in [-0.3, -0.25) is 0 Å². The molecule has 86 valence electrons. The summed E-state index contributed by atoms with van der Waals surface area (Å²) in [5.41, 5.74) is 1.19. The Labute approximate surface area is 99.3 Å². The van der Waals surface area contributed by atoms with Gasteiger partial charge in [0.15, 0.2) is 4.67 Å². The lowest BCUT2D eigenvalue weighted by Gasteiger charge is -2.16. The molecule has 1 heterocycles. The van der Waals surface area contributed by atoms with Crippen LogP contribution in [0.2, 0.25) is 0 Å². The van der Waals surface area contributed by atoms with Crippen molar-refractivity contribution >= 4 is 15.9 Å². The van der Waals surface area contributed by atoms with E-state index in [0.29, 0.717) is 6.04 Å². The van der Waals surface area contributed by atoms with Gasteiger partial charge in [-0.2, -0.15) is 0 Å². The quantitative estimate of drug-likeness (QED) is 0.777. The number of ether oxygens (including phenoxy) is 1. The van der Waals surface area contributed by atoms with Crippen molar-refractivity contribution in [3.8, 4) is 0 Å². The molecule has 1 aromatic rings. The maximum Gasteiger partial charge on any atom is 0.173 e. The third-order valence-electron chi connectivity index (χ3n) is 2.31. The molecule has 1 aromatic heterocycles. The Kier molecular flexibility index (Phi) is 5.98. The van der Waals surface area contributed by atoms with Crippen LogP contribution in [0.5, 0.6) is 0 Å². The van der Waals surface area contributed by atoms with Gasteiger partial charge in [0.2, 0.25) is 0 Å². The fraction of sp³-hybridized carbons (Fsp3) is 0.636. The average Bonchev–Trinajstić information content (AvgIpc) is 2.64. The summed E-state index contributed by atoms with van der Waals surface area (Å²) < 4.78 is 11.1. The van der Waals surface area contributed by atoms with E-state index in [2.05, 4.69) is 28.2 Å². The number of furan rings is 1. The fourth-order valence-corrected chi connectivity index (χ4v) is 2.12. The molecule has 3 nitrogen and oxygen atoms in total. The number of rotatable bonds is 7. The summed E-state index contributed by atoms with van der Waals surface area (Å²) in [4.78, 5) is 0. The molecule has 15 heavy (non-hydrogen) atoms. The Bertz CT molecular complexity index is 275. The first kappa shape index (κ1) is 12.7. The molecule has 1 rings (SSSR count). The second-order valence-electron chi connectivity index (χ2n) is 3.39. The summed E-state index contributed by atoms with van der Waals surface area (Å²) in [5, 5.41) is 3.44. The summed E-state index contributed by atoms with van der Waals surface area (Å²) >= 11 is 3.41. The van der Waals surface area contributed by atoms with E-state index in [9.17, 15) is 0 Å². The fourth-order valence-electron chi connectivity index (χ4n) is 1.60. The highest BCUT2D eigenvalue weighted by Gasteiger charge is 2.14. The van der Waals surface area contributed by atoms with Gasteiger partial charge in [0.25, 0.3) is 0 Å². The van der Waals surface area contributed by atoms with Gasteiger partial charge in [-0.1, -0.05) is 6.92 Å². The van der Waals surface area contributed by atoms with Crippen molar-refractivity contribution in [1.29, 1.82) is 0 Å². The Morgan fingerprint density at radius 2 is 2.40 bits per heavy atom. The minimum atomic E-state index is 0.346. The van der Waals surface area contributed by atoms with E-state index in [-0.39, 0.29) is 0 Å². The Morgan fingerprint density at radius 1 is 1.60 bits per heavy atom. The molecule has 0 saturated heterocycles. The highest BCUT2D eigenvalue weighted by molar-refractivity contribution is 9.10. The van der Waals surface area contributed by atoms with Crippen molar-refractivity contribution in [2.24, 2.45) is 0 Å². The van der Waals surface area contributed by atoms with Gasteiger partial charge in [0.1, 0.15) is 0 Å². The second kappa shape index (κ2) is 7.04. The van der Waals surface area contributed by atoms with E-state index in [1.165, 1.54) is 5.56 Å². The Morgan fingerprint density at radius 3 is 2.93 bits per heavy atom. The molecule has 0 aliphatic carbocycles. The maximum absolute atomic E-state index is 5.24. The molecular formula is C11H18BrNO2. The van der Waals surface area contributed by atoms with Crippen LogP contribution >= 0.6 is 15.9 Å². The molecule has 0 bridgehead atoms. The third kappa shape index (κ3) is 3.97. The molecule has 0 saturated carbocycles. The smallest absolute Gasteiger partial charge is 0.173 e. The van der Waals surface area contributed by atoms with Crippen LogP contribution in [0.4, 0.5) is 0 Å². The lowest BCUT2D eigenvalue weighted by atomic mass is 10.1. The van der Waals surface area contributed by atoms with Crippen LogP contribution in [-0.4, -0.2) is 20.3 Å². The van der Waals surface area contributed by atoms with Gasteiger partial charge in [-0.15, -0.1) is 0 Å². The van der Waals surface area contributed by atoms with E-state index in [1.807, 2.05) is 6.07 Å². The zero-order chi connectivity index (χ0) is 11.1. The summed E-state index contributed by atoms with van der Waals surface area (Å²) in [6, 6.07) is 2.35. The van der Waals surface area contributed by atoms with Gasteiger partial charge < -0.3 is 14.5 Å². The first-order chi connectivity index (χ1) is 7.29. The number of halogens is 1. The molecule has 0 fully saturated rings. The normalized spacial score (nSPS) is 13.0. The first-order valence-corrected chi connectivity index (χ1v) is 6.04. The van der Waals surface area contributed by atoms with Crippen molar-refractivity contribution in [3.05, 3.63) is 22.6 Å². The monoisotopic (exact) mass is 275 g/mol. The van der Waals surface area contributed by atoms with E-state index in [1.54, 1.807) is 13.4 Å². The summed E-state index contributed by atoms with van der Waals surface area (Å²) in [5.74, 6) is 0. The molecule has 1 N–H and O–H groups in total. The molecule has 4 heteroatoms. The largest absolute Gasteiger partial charge is 0.457 e. The van der Waals surface area contributed by atoms with E-state index in [4.69, 9.17) is 9.15 Å². The molecule has 1 unspecified atom stereocenters. The van der Waals surface area contributed by atoms with Crippen molar-refractivity contribution in [1.82, 2.24) is 5.32 Å². The minimum Gasteiger partial charge on any atom is -0.457 e. The zero-order valence-corrected chi connectivity index (χ0v) is 10.8. The molecule has 0 aliphatic rings. The minimum absolute atomic E-state index is 0.346. The van der Waals surface area contributed by atoms with Crippen LogP contribution < -0.4 is 5.32 Å². The number of nitrogens with one attached hydrogen (secondary N) is 1. The van der Waals surface area contributed by atoms with E-state index < -0.39 is 0 Å². The lowest BCUT2D eigenvalue weighted by molar-refractivity contribution is 0.188. The molecule has 0 amide bonds. The molecule has 0 spiro atoms.